The third kappa shape index (κ3) is 3.18. The lowest BCUT2D eigenvalue weighted by Crippen LogP contribution is -2.55. The van der Waals surface area contributed by atoms with Crippen LogP contribution in [-0.2, 0) is 4.79 Å². The third-order valence-electron chi connectivity index (χ3n) is 3.93. The summed E-state index contributed by atoms with van der Waals surface area (Å²) in [6.45, 7) is 7.95. The summed E-state index contributed by atoms with van der Waals surface area (Å²) in [5.41, 5.74) is -0.138. The van der Waals surface area contributed by atoms with Gasteiger partial charge in [-0.1, -0.05) is 20.8 Å². The molecule has 0 saturated carbocycles. The van der Waals surface area contributed by atoms with Crippen LogP contribution in [0.3, 0.4) is 0 Å². The number of H-pyrrole nitrogens is 1. The number of aromatic amines is 1. The van der Waals surface area contributed by atoms with Crippen LogP contribution in [0, 0.1) is 12.8 Å². The van der Waals surface area contributed by atoms with Crippen LogP contribution in [-0.4, -0.2) is 34.4 Å². The number of carbonyl (C=O) groups excluding carboxylic acids is 2. The quantitative estimate of drug-likeness (QED) is 0.754. The topological polar surface area (TPSA) is 104 Å². The summed E-state index contributed by atoms with van der Waals surface area (Å²) in [6, 6.07) is -0.621. The minimum absolute atomic E-state index is 0.0278. The molecule has 0 aromatic carbocycles. The Kier molecular flexibility index (Phi) is 4.63. The summed E-state index contributed by atoms with van der Waals surface area (Å²) < 4.78 is 0. The van der Waals surface area contributed by atoms with Crippen molar-refractivity contribution in [3.05, 3.63) is 27.4 Å². The minimum Gasteiger partial charge on any atom is -0.354 e. The maximum atomic E-state index is 12.4. The standard InChI is InChI=1S/C15H22N4O3/c1-7(2)12-17-9(4)10(14(21)19-12)13(20)18-11-8(3)5-6-16-15(11)22/h7-8,11H,5-6H2,1-4H3,(H,16,22)(H,18,20)(H,17,19,21). The average Bonchev–Trinajstić information content (AvgIpc) is 2.42. The van der Waals surface area contributed by atoms with Crippen molar-refractivity contribution in [1.82, 2.24) is 20.6 Å². The molecule has 1 saturated heterocycles. The zero-order valence-electron chi connectivity index (χ0n) is 13.3. The second-order valence-electron chi connectivity index (χ2n) is 6.07. The van der Waals surface area contributed by atoms with E-state index in [-0.39, 0.29) is 23.3 Å². The largest absolute Gasteiger partial charge is 0.354 e. The Morgan fingerprint density at radius 2 is 2.05 bits per heavy atom. The van der Waals surface area contributed by atoms with Crippen molar-refractivity contribution in [2.75, 3.05) is 6.54 Å². The highest BCUT2D eigenvalue weighted by molar-refractivity contribution is 5.98. The molecule has 7 nitrogen and oxygen atoms in total. The molecule has 2 heterocycles. The Bertz CT molecular complexity index is 651. The molecule has 1 aliphatic heterocycles. The number of carbonyl (C=O) groups is 2. The van der Waals surface area contributed by atoms with Gasteiger partial charge in [0.05, 0.1) is 5.69 Å². The lowest BCUT2D eigenvalue weighted by Gasteiger charge is -2.29. The van der Waals surface area contributed by atoms with Crippen molar-refractivity contribution in [2.45, 2.75) is 46.1 Å². The fourth-order valence-corrected chi connectivity index (χ4v) is 2.53. The number of piperidine rings is 1. The second kappa shape index (κ2) is 6.29. The molecule has 1 aliphatic rings. The van der Waals surface area contributed by atoms with Crippen LogP contribution in [0.4, 0.5) is 0 Å². The molecule has 1 aromatic rings. The molecular weight excluding hydrogens is 284 g/mol. The number of hydrogen-bond donors (Lipinski definition) is 3. The van der Waals surface area contributed by atoms with Gasteiger partial charge in [0.2, 0.25) is 5.91 Å². The summed E-state index contributed by atoms with van der Waals surface area (Å²) in [6.07, 6.45) is 0.788. The van der Waals surface area contributed by atoms with Crippen molar-refractivity contribution < 1.29 is 9.59 Å². The first-order valence-electron chi connectivity index (χ1n) is 7.50. The molecule has 22 heavy (non-hydrogen) atoms. The van der Waals surface area contributed by atoms with Gasteiger partial charge in [-0.2, -0.15) is 0 Å². The number of aryl methyl sites for hydroxylation is 1. The van der Waals surface area contributed by atoms with Crippen LogP contribution < -0.4 is 16.2 Å². The predicted molar refractivity (Wildman–Crippen MR) is 81.7 cm³/mol. The number of nitrogens with zero attached hydrogens (tertiary/aromatic N) is 1. The van der Waals surface area contributed by atoms with Crippen LogP contribution in [0.2, 0.25) is 0 Å². The Morgan fingerprint density at radius 1 is 1.36 bits per heavy atom. The SMILES string of the molecule is Cc1nc(C(C)C)[nH]c(=O)c1C(=O)NC1C(=O)NCCC1C. The first kappa shape index (κ1) is 16.2. The molecule has 3 N–H and O–H groups in total. The summed E-state index contributed by atoms with van der Waals surface area (Å²) >= 11 is 0. The van der Waals surface area contributed by atoms with E-state index >= 15 is 0 Å². The summed E-state index contributed by atoms with van der Waals surface area (Å²) in [7, 11) is 0. The lowest BCUT2D eigenvalue weighted by atomic mass is 9.94. The van der Waals surface area contributed by atoms with Crippen molar-refractivity contribution in [1.29, 1.82) is 0 Å². The molecule has 7 heteroatoms. The summed E-state index contributed by atoms with van der Waals surface area (Å²) in [5, 5.41) is 5.37. The molecule has 2 amide bonds. The van der Waals surface area contributed by atoms with Crippen LogP contribution >= 0.6 is 0 Å². The zero-order valence-corrected chi connectivity index (χ0v) is 13.3. The molecule has 120 valence electrons. The van der Waals surface area contributed by atoms with Gasteiger partial charge in [0.25, 0.3) is 11.5 Å². The van der Waals surface area contributed by atoms with Gasteiger partial charge in [0, 0.05) is 12.5 Å². The molecule has 1 aromatic heterocycles. The van der Waals surface area contributed by atoms with E-state index < -0.39 is 17.5 Å². The van der Waals surface area contributed by atoms with Crippen LogP contribution in [0.15, 0.2) is 4.79 Å². The number of hydrogen-bond acceptors (Lipinski definition) is 4. The number of aromatic nitrogens is 2. The van der Waals surface area contributed by atoms with Crippen LogP contribution in [0.25, 0.3) is 0 Å². The fraction of sp³-hybridized carbons (Fsp3) is 0.600. The highest BCUT2D eigenvalue weighted by Crippen LogP contribution is 2.14. The molecule has 2 atom stereocenters. The predicted octanol–water partition coefficient (Wildman–Crippen LogP) is 0.456. The molecular formula is C15H22N4O3. The number of nitrogens with one attached hydrogen (secondary N) is 3. The van der Waals surface area contributed by atoms with E-state index in [1.165, 1.54) is 0 Å². The van der Waals surface area contributed by atoms with Crippen molar-refractivity contribution >= 4 is 11.8 Å². The summed E-state index contributed by atoms with van der Waals surface area (Å²) in [4.78, 5) is 43.3. The molecule has 0 radical (unpaired) electrons. The first-order chi connectivity index (χ1) is 10.3. The minimum atomic E-state index is -0.621. The highest BCUT2D eigenvalue weighted by atomic mass is 16.2. The van der Waals surface area contributed by atoms with E-state index in [9.17, 15) is 14.4 Å². The van der Waals surface area contributed by atoms with Gasteiger partial charge in [-0.05, 0) is 19.3 Å². The Hall–Kier alpha value is -2.18. The molecule has 0 spiro atoms. The molecule has 2 unspecified atom stereocenters. The smallest absolute Gasteiger partial charge is 0.264 e. The average molecular weight is 306 g/mol. The molecule has 0 aliphatic carbocycles. The zero-order chi connectivity index (χ0) is 16.4. The summed E-state index contributed by atoms with van der Waals surface area (Å²) in [5.74, 6) is -0.140. The van der Waals surface area contributed by atoms with Crippen LogP contribution in [0.1, 0.15) is 55.0 Å². The van der Waals surface area contributed by atoms with Gasteiger partial charge >= 0.3 is 0 Å². The number of amides is 2. The van der Waals surface area contributed by atoms with E-state index in [0.29, 0.717) is 18.1 Å². The highest BCUT2D eigenvalue weighted by Gasteiger charge is 2.31. The van der Waals surface area contributed by atoms with Gasteiger partial charge in [-0.15, -0.1) is 0 Å². The molecule has 2 rings (SSSR count). The third-order valence-corrected chi connectivity index (χ3v) is 3.93. The van der Waals surface area contributed by atoms with Crippen molar-refractivity contribution in [3.8, 4) is 0 Å². The Morgan fingerprint density at radius 3 is 2.59 bits per heavy atom. The van der Waals surface area contributed by atoms with E-state index in [0.717, 1.165) is 6.42 Å². The van der Waals surface area contributed by atoms with Crippen molar-refractivity contribution in [3.63, 3.8) is 0 Å². The second-order valence-corrected chi connectivity index (χ2v) is 6.07. The van der Waals surface area contributed by atoms with Gasteiger partial charge in [0.1, 0.15) is 17.4 Å². The fourth-order valence-electron chi connectivity index (χ4n) is 2.53. The maximum Gasteiger partial charge on any atom is 0.264 e. The molecule has 1 fully saturated rings. The van der Waals surface area contributed by atoms with Gasteiger partial charge < -0.3 is 15.6 Å². The maximum absolute atomic E-state index is 12.4. The van der Waals surface area contributed by atoms with Gasteiger partial charge in [-0.25, -0.2) is 4.98 Å². The van der Waals surface area contributed by atoms with Crippen molar-refractivity contribution in [2.24, 2.45) is 5.92 Å². The Labute approximate surface area is 128 Å². The van der Waals surface area contributed by atoms with E-state index in [1.807, 2.05) is 20.8 Å². The van der Waals surface area contributed by atoms with E-state index in [1.54, 1.807) is 6.92 Å². The van der Waals surface area contributed by atoms with E-state index in [2.05, 4.69) is 20.6 Å². The Balaban J connectivity index is 2.26. The van der Waals surface area contributed by atoms with E-state index in [4.69, 9.17) is 0 Å². The normalized spacial score (nSPS) is 21.6. The van der Waals surface area contributed by atoms with Gasteiger partial charge in [0.15, 0.2) is 0 Å². The number of rotatable bonds is 3. The first-order valence-corrected chi connectivity index (χ1v) is 7.50. The lowest BCUT2D eigenvalue weighted by molar-refractivity contribution is -0.125. The monoisotopic (exact) mass is 306 g/mol. The molecule has 0 bridgehead atoms. The van der Waals surface area contributed by atoms with Crippen LogP contribution in [0.5, 0.6) is 0 Å². The van der Waals surface area contributed by atoms with Gasteiger partial charge in [-0.3, -0.25) is 14.4 Å².